The summed E-state index contributed by atoms with van der Waals surface area (Å²) in [6.07, 6.45) is 1.67. The Morgan fingerprint density at radius 3 is 2.11 bits per heavy atom. The Morgan fingerprint density at radius 1 is 1.21 bits per heavy atom. The quantitative estimate of drug-likeness (QED) is 0.772. The molecular weight excluding hydrogens is 258 g/mol. The molecule has 0 aliphatic carbocycles. The van der Waals surface area contributed by atoms with Gasteiger partial charge in [0.25, 0.3) is 5.91 Å². The molecule has 0 bridgehead atoms. The van der Waals surface area contributed by atoms with Gasteiger partial charge in [0.1, 0.15) is 0 Å². The average molecular weight is 282 g/mol. The number of amides is 1. The van der Waals surface area contributed by atoms with Crippen molar-refractivity contribution in [1.29, 1.82) is 0 Å². The number of halogens is 1. The molecule has 2 nitrogen and oxygen atoms in total. The zero-order valence-corrected chi connectivity index (χ0v) is 13.1. The van der Waals surface area contributed by atoms with Crippen LogP contribution in [0.25, 0.3) is 0 Å². The summed E-state index contributed by atoms with van der Waals surface area (Å²) in [5, 5.41) is 3.07. The van der Waals surface area contributed by atoms with Crippen molar-refractivity contribution in [2.24, 2.45) is 0 Å². The van der Waals surface area contributed by atoms with Crippen LogP contribution in [0, 0.1) is 0 Å². The molecule has 0 aromatic heterocycles. The largest absolute Gasteiger partial charge is 0.345 e. The second-order valence-corrected chi connectivity index (χ2v) is 5.62. The van der Waals surface area contributed by atoms with Crippen molar-refractivity contribution in [3.8, 4) is 0 Å². The van der Waals surface area contributed by atoms with Gasteiger partial charge in [-0.3, -0.25) is 4.79 Å². The molecule has 1 aromatic carbocycles. The van der Waals surface area contributed by atoms with E-state index in [2.05, 4.69) is 19.2 Å². The van der Waals surface area contributed by atoms with E-state index in [1.54, 1.807) is 0 Å². The maximum Gasteiger partial charge on any atom is 0.251 e. The molecule has 0 saturated heterocycles. The summed E-state index contributed by atoms with van der Waals surface area (Å²) >= 11 is 6.01. The van der Waals surface area contributed by atoms with E-state index in [1.165, 1.54) is 5.56 Å². The van der Waals surface area contributed by atoms with Crippen molar-refractivity contribution < 1.29 is 4.79 Å². The molecule has 0 aliphatic rings. The summed E-state index contributed by atoms with van der Waals surface area (Å²) in [5.41, 5.74) is 1.64. The normalized spacial score (nSPS) is 11.7. The zero-order valence-electron chi connectivity index (χ0n) is 12.3. The Bertz CT molecular complexity index is 399. The fourth-order valence-electron chi connectivity index (χ4n) is 1.98. The number of benzene rings is 1. The van der Waals surface area contributed by atoms with Gasteiger partial charge in [0.15, 0.2) is 0 Å². The van der Waals surface area contributed by atoms with Crippen LogP contribution in [0.2, 0.25) is 0 Å². The molecule has 0 saturated carbocycles. The minimum atomic E-state index is -0.296. The summed E-state index contributed by atoms with van der Waals surface area (Å²) in [5.74, 6) is 0.875. The van der Waals surface area contributed by atoms with Crippen LogP contribution >= 0.6 is 11.6 Å². The first-order chi connectivity index (χ1) is 8.98. The number of alkyl halides is 1. The summed E-state index contributed by atoms with van der Waals surface area (Å²) in [6.45, 7) is 8.38. The maximum absolute atomic E-state index is 12.2. The van der Waals surface area contributed by atoms with Crippen LogP contribution in [0.1, 0.15) is 62.4 Å². The van der Waals surface area contributed by atoms with Gasteiger partial charge in [-0.15, -0.1) is 11.6 Å². The van der Waals surface area contributed by atoms with Crippen LogP contribution in [0.15, 0.2) is 24.3 Å². The van der Waals surface area contributed by atoms with Gasteiger partial charge in [0.2, 0.25) is 0 Å². The van der Waals surface area contributed by atoms with E-state index in [4.69, 9.17) is 11.6 Å². The Kier molecular flexibility index (Phi) is 5.86. The monoisotopic (exact) mass is 281 g/mol. The van der Waals surface area contributed by atoms with Gasteiger partial charge in [0, 0.05) is 11.4 Å². The lowest BCUT2D eigenvalue weighted by molar-refractivity contribution is 0.0902. The molecule has 0 aliphatic heterocycles. The summed E-state index contributed by atoms with van der Waals surface area (Å²) in [4.78, 5) is 12.2. The Hall–Kier alpha value is -1.02. The van der Waals surface area contributed by atoms with Crippen LogP contribution in [-0.2, 0) is 0 Å². The highest BCUT2D eigenvalue weighted by atomic mass is 35.5. The van der Waals surface area contributed by atoms with Crippen molar-refractivity contribution in [1.82, 2.24) is 5.32 Å². The Balaban J connectivity index is 2.83. The number of hydrogen-bond acceptors (Lipinski definition) is 1. The molecule has 106 valence electrons. The molecule has 3 heteroatoms. The lowest BCUT2D eigenvalue weighted by atomic mass is 9.94. The molecule has 0 radical (unpaired) electrons. The lowest BCUT2D eigenvalue weighted by Gasteiger charge is -2.30. The highest BCUT2D eigenvalue weighted by Gasteiger charge is 2.27. The third-order valence-electron chi connectivity index (χ3n) is 3.83. The smallest absolute Gasteiger partial charge is 0.251 e. The van der Waals surface area contributed by atoms with E-state index in [0.29, 0.717) is 17.4 Å². The molecule has 1 rings (SSSR count). The van der Waals surface area contributed by atoms with Crippen LogP contribution in [0.4, 0.5) is 0 Å². The van der Waals surface area contributed by atoms with Crippen molar-refractivity contribution in [3.63, 3.8) is 0 Å². The molecular formula is C16H24ClNO. The Labute approximate surface area is 121 Å². The van der Waals surface area contributed by atoms with E-state index in [0.717, 1.165) is 12.8 Å². The van der Waals surface area contributed by atoms with Gasteiger partial charge in [-0.05, 0) is 36.5 Å². The van der Waals surface area contributed by atoms with Gasteiger partial charge in [0.05, 0.1) is 5.54 Å². The summed E-state index contributed by atoms with van der Waals surface area (Å²) in [6, 6.07) is 7.80. The van der Waals surface area contributed by atoms with Crippen LogP contribution < -0.4 is 5.32 Å². The van der Waals surface area contributed by atoms with E-state index in [1.807, 2.05) is 38.1 Å². The van der Waals surface area contributed by atoms with E-state index < -0.39 is 0 Å². The highest BCUT2D eigenvalue weighted by Crippen LogP contribution is 2.19. The first kappa shape index (κ1) is 16.0. The van der Waals surface area contributed by atoms with Crippen LogP contribution in [0.3, 0.4) is 0 Å². The third-order valence-corrected chi connectivity index (χ3v) is 4.34. The minimum absolute atomic E-state index is 0.0420. The molecule has 1 N–H and O–H groups in total. The number of carbonyl (C=O) groups is 1. The first-order valence-corrected chi connectivity index (χ1v) is 7.50. The van der Waals surface area contributed by atoms with E-state index in [9.17, 15) is 4.79 Å². The third kappa shape index (κ3) is 3.97. The van der Waals surface area contributed by atoms with Crippen molar-refractivity contribution in [2.45, 2.75) is 52.0 Å². The molecule has 0 spiro atoms. The zero-order chi connectivity index (χ0) is 14.5. The predicted octanol–water partition coefficient (Wildman–Crippen LogP) is 4.34. The topological polar surface area (TPSA) is 29.1 Å². The minimum Gasteiger partial charge on any atom is -0.345 e. The van der Waals surface area contributed by atoms with Gasteiger partial charge < -0.3 is 5.32 Å². The maximum atomic E-state index is 12.2. The van der Waals surface area contributed by atoms with Crippen LogP contribution in [0.5, 0.6) is 0 Å². The second kappa shape index (κ2) is 6.95. The standard InChI is InChI=1S/C16H24ClNO/c1-5-16(6-2,11-17)18-15(19)14-9-7-13(8-10-14)12(3)4/h7-10,12H,5-6,11H2,1-4H3,(H,18,19). The predicted molar refractivity (Wildman–Crippen MR) is 82.0 cm³/mol. The fraction of sp³-hybridized carbons (Fsp3) is 0.562. The second-order valence-electron chi connectivity index (χ2n) is 5.35. The van der Waals surface area contributed by atoms with Crippen LogP contribution in [-0.4, -0.2) is 17.3 Å². The number of rotatable bonds is 6. The molecule has 1 amide bonds. The van der Waals surface area contributed by atoms with Gasteiger partial charge >= 0.3 is 0 Å². The van der Waals surface area contributed by atoms with Crippen molar-refractivity contribution >= 4 is 17.5 Å². The van der Waals surface area contributed by atoms with Gasteiger partial charge in [-0.1, -0.05) is 39.8 Å². The molecule has 0 atom stereocenters. The summed E-state index contributed by atoms with van der Waals surface area (Å²) in [7, 11) is 0. The van der Waals surface area contributed by atoms with Crippen molar-refractivity contribution in [3.05, 3.63) is 35.4 Å². The van der Waals surface area contributed by atoms with Crippen molar-refractivity contribution in [2.75, 3.05) is 5.88 Å². The Morgan fingerprint density at radius 2 is 1.74 bits per heavy atom. The molecule has 0 heterocycles. The van der Waals surface area contributed by atoms with E-state index in [-0.39, 0.29) is 11.4 Å². The fourth-order valence-corrected chi connectivity index (χ4v) is 2.43. The SMILES string of the molecule is CCC(CC)(CCl)NC(=O)c1ccc(C(C)C)cc1. The number of nitrogens with one attached hydrogen (secondary N) is 1. The van der Waals surface area contributed by atoms with Gasteiger partial charge in [-0.2, -0.15) is 0 Å². The highest BCUT2D eigenvalue weighted by molar-refractivity contribution is 6.18. The number of carbonyl (C=O) groups excluding carboxylic acids is 1. The average Bonchev–Trinajstić information content (AvgIpc) is 2.45. The summed E-state index contributed by atoms with van der Waals surface area (Å²) < 4.78 is 0. The molecule has 19 heavy (non-hydrogen) atoms. The van der Waals surface area contributed by atoms with E-state index >= 15 is 0 Å². The molecule has 0 unspecified atom stereocenters. The molecule has 0 fully saturated rings. The molecule has 1 aromatic rings. The number of hydrogen-bond donors (Lipinski definition) is 1. The first-order valence-electron chi connectivity index (χ1n) is 6.96. The lowest BCUT2D eigenvalue weighted by Crippen LogP contribution is -2.49. The van der Waals surface area contributed by atoms with Gasteiger partial charge in [-0.25, -0.2) is 0 Å².